The second-order valence-corrected chi connectivity index (χ2v) is 8.63. The summed E-state index contributed by atoms with van der Waals surface area (Å²) < 4.78 is 13.0. The van der Waals surface area contributed by atoms with Crippen molar-refractivity contribution in [2.45, 2.75) is 24.8 Å². The van der Waals surface area contributed by atoms with Gasteiger partial charge in [-0.1, -0.05) is 23.9 Å². The van der Waals surface area contributed by atoms with E-state index in [-0.39, 0.29) is 5.63 Å². The van der Waals surface area contributed by atoms with Crippen LogP contribution < -0.4 is 10.4 Å². The lowest BCUT2D eigenvalue weighted by molar-refractivity contribution is 0.340. The summed E-state index contributed by atoms with van der Waals surface area (Å²) >= 11 is 1.51. The van der Waals surface area contributed by atoms with E-state index in [4.69, 9.17) is 9.15 Å². The van der Waals surface area contributed by atoms with E-state index in [9.17, 15) is 4.79 Å². The topological polar surface area (TPSA) is 83.0 Å². The number of hydrogen-bond donors (Lipinski definition) is 0. The zero-order valence-corrected chi connectivity index (χ0v) is 19.6. The second kappa shape index (κ2) is 9.52. The maximum atomic E-state index is 12.2. The smallest absolute Gasteiger partial charge is 0.336 e. The molecule has 0 saturated heterocycles. The minimum Gasteiger partial charge on any atom is -0.494 e. The van der Waals surface area contributed by atoms with Gasteiger partial charge in [0.25, 0.3) is 0 Å². The number of aromatic nitrogens is 4. The van der Waals surface area contributed by atoms with E-state index in [1.165, 1.54) is 11.8 Å². The normalized spacial score (nSPS) is 11.1. The van der Waals surface area contributed by atoms with Crippen molar-refractivity contribution < 1.29 is 9.15 Å². The summed E-state index contributed by atoms with van der Waals surface area (Å²) in [6.07, 6.45) is 3.47. The van der Waals surface area contributed by atoms with Crippen molar-refractivity contribution in [2.75, 3.05) is 6.61 Å². The molecular weight excluding hydrogens is 448 g/mol. The molecule has 0 radical (unpaired) electrons. The predicted molar refractivity (Wildman–Crippen MR) is 133 cm³/mol. The highest BCUT2D eigenvalue weighted by Crippen LogP contribution is 2.31. The Labute approximate surface area is 200 Å². The maximum absolute atomic E-state index is 12.2. The molecule has 0 saturated carbocycles. The third-order valence-electron chi connectivity index (χ3n) is 5.32. The summed E-state index contributed by atoms with van der Waals surface area (Å²) in [4.78, 5) is 16.3. The molecule has 3 aromatic heterocycles. The third-order valence-corrected chi connectivity index (χ3v) is 6.30. The van der Waals surface area contributed by atoms with Crippen molar-refractivity contribution in [3.63, 3.8) is 0 Å². The van der Waals surface area contributed by atoms with Crippen LogP contribution in [0.5, 0.6) is 5.75 Å². The van der Waals surface area contributed by atoms with Gasteiger partial charge in [-0.25, -0.2) is 4.79 Å². The molecule has 0 aliphatic heterocycles. The molecule has 34 heavy (non-hydrogen) atoms. The highest BCUT2D eigenvalue weighted by molar-refractivity contribution is 7.98. The number of pyridine rings is 1. The Morgan fingerprint density at radius 2 is 1.79 bits per heavy atom. The molecule has 0 bridgehead atoms. The number of aryl methyl sites for hydroxylation is 1. The molecule has 2 aromatic carbocycles. The number of rotatable bonds is 7. The fourth-order valence-corrected chi connectivity index (χ4v) is 4.68. The molecule has 7 nitrogen and oxygen atoms in total. The lowest BCUT2D eigenvalue weighted by atomic mass is 10.1. The number of hydrogen-bond acceptors (Lipinski definition) is 7. The van der Waals surface area contributed by atoms with Gasteiger partial charge in [0, 0.05) is 40.8 Å². The van der Waals surface area contributed by atoms with E-state index >= 15 is 0 Å². The zero-order valence-electron chi connectivity index (χ0n) is 18.8. The first-order valence-electron chi connectivity index (χ1n) is 10.9. The van der Waals surface area contributed by atoms with Gasteiger partial charge in [0.2, 0.25) is 0 Å². The molecule has 0 aliphatic rings. The van der Waals surface area contributed by atoms with Gasteiger partial charge in [0.05, 0.1) is 6.61 Å². The van der Waals surface area contributed by atoms with Gasteiger partial charge in [-0.3, -0.25) is 9.55 Å². The lowest BCUT2D eigenvalue weighted by Gasteiger charge is -2.12. The van der Waals surface area contributed by atoms with Crippen molar-refractivity contribution >= 4 is 22.7 Å². The number of nitrogens with zero attached hydrogens (tertiary/aromatic N) is 4. The summed E-state index contributed by atoms with van der Waals surface area (Å²) in [6.45, 7) is 4.54. The fraction of sp³-hybridized carbons (Fsp3) is 0.154. The van der Waals surface area contributed by atoms with Gasteiger partial charge in [-0.05, 0) is 67.4 Å². The predicted octanol–water partition coefficient (Wildman–Crippen LogP) is 5.44. The first kappa shape index (κ1) is 21.9. The van der Waals surface area contributed by atoms with Gasteiger partial charge in [0.1, 0.15) is 11.3 Å². The Morgan fingerprint density at radius 3 is 2.56 bits per heavy atom. The molecule has 0 aliphatic carbocycles. The van der Waals surface area contributed by atoms with Crippen LogP contribution in [-0.4, -0.2) is 26.4 Å². The van der Waals surface area contributed by atoms with Gasteiger partial charge in [0.15, 0.2) is 11.0 Å². The van der Waals surface area contributed by atoms with Crippen molar-refractivity contribution in [1.82, 2.24) is 19.7 Å². The van der Waals surface area contributed by atoms with Crippen molar-refractivity contribution in [2.24, 2.45) is 0 Å². The zero-order chi connectivity index (χ0) is 23.5. The van der Waals surface area contributed by atoms with E-state index in [0.717, 1.165) is 33.5 Å². The van der Waals surface area contributed by atoms with E-state index in [1.54, 1.807) is 18.5 Å². The SMILES string of the molecule is CCOc1ccc(-n2c(SCc3cc(=O)oc4cc(C)ccc34)nnc2-c2ccncc2)cc1. The van der Waals surface area contributed by atoms with E-state index in [0.29, 0.717) is 28.9 Å². The van der Waals surface area contributed by atoms with E-state index in [2.05, 4.69) is 15.2 Å². The molecule has 0 fully saturated rings. The molecule has 0 N–H and O–H groups in total. The fourth-order valence-electron chi connectivity index (χ4n) is 3.74. The van der Waals surface area contributed by atoms with Crippen LogP contribution in [0.2, 0.25) is 0 Å². The van der Waals surface area contributed by atoms with Crippen LogP contribution in [0.25, 0.3) is 28.0 Å². The van der Waals surface area contributed by atoms with Gasteiger partial charge >= 0.3 is 5.63 Å². The van der Waals surface area contributed by atoms with Gasteiger partial charge in [-0.15, -0.1) is 10.2 Å². The Kier molecular flexibility index (Phi) is 6.14. The Morgan fingerprint density at radius 1 is 1.00 bits per heavy atom. The highest BCUT2D eigenvalue weighted by atomic mass is 32.2. The van der Waals surface area contributed by atoms with Crippen molar-refractivity contribution in [3.05, 3.63) is 94.6 Å². The largest absolute Gasteiger partial charge is 0.494 e. The van der Waals surface area contributed by atoms with Crippen LogP contribution in [0.4, 0.5) is 0 Å². The second-order valence-electron chi connectivity index (χ2n) is 7.68. The quantitative estimate of drug-likeness (QED) is 0.231. The highest BCUT2D eigenvalue weighted by Gasteiger charge is 2.17. The standard InChI is InChI=1S/C26H22N4O3S/c1-3-32-21-7-5-20(6-8-21)30-25(18-10-12-27-13-11-18)28-29-26(30)34-16-19-15-24(31)33-23-14-17(2)4-9-22(19)23/h4-15H,3,16H2,1-2H3. The Bertz CT molecular complexity index is 1490. The molecule has 0 atom stereocenters. The van der Waals surface area contributed by atoms with Crippen LogP contribution >= 0.6 is 11.8 Å². The Balaban J connectivity index is 1.54. The van der Waals surface area contributed by atoms with Crippen LogP contribution in [0, 0.1) is 6.92 Å². The monoisotopic (exact) mass is 470 g/mol. The first-order chi connectivity index (χ1) is 16.6. The van der Waals surface area contributed by atoms with Crippen molar-refractivity contribution in [3.8, 4) is 22.8 Å². The number of thioether (sulfide) groups is 1. The molecular formula is C26H22N4O3S. The minimum atomic E-state index is -0.362. The van der Waals surface area contributed by atoms with Crippen LogP contribution in [0.3, 0.4) is 0 Å². The summed E-state index contributed by atoms with van der Waals surface area (Å²) in [5.74, 6) is 2.05. The molecule has 8 heteroatoms. The van der Waals surface area contributed by atoms with E-state index in [1.807, 2.05) is 73.0 Å². The summed E-state index contributed by atoms with van der Waals surface area (Å²) in [5, 5.41) is 10.6. The maximum Gasteiger partial charge on any atom is 0.336 e. The molecule has 0 unspecified atom stereocenters. The summed E-state index contributed by atoms with van der Waals surface area (Å²) in [6, 6.07) is 19.1. The number of ether oxygens (including phenoxy) is 1. The molecule has 3 heterocycles. The van der Waals surface area contributed by atoms with E-state index < -0.39 is 0 Å². The molecule has 5 rings (SSSR count). The van der Waals surface area contributed by atoms with Crippen LogP contribution in [-0.2, 0) is 5.75 Å². The van der Waals surface area contributed by atoms with Gasteiger partial charge < -0.3 is 9.15 Å². The number of fused-ring (bicyclic) bond motifs is 1. The van der Waals surface area contributed by atoms with Crippen molar-refractivity contribution in [1.29, 1.82) is 0 Å². The summed E-state index contributed by atoms with van der Waals surface area (Å²) in [7, 11) is 0. The molecule has 0 spiro atoms. The molecule has 5 aromatic rings. The number of benzene rings is 2. The molecule has 170 valence electrons. The first-order valence-corrected chi connectivity index (χ1v) is 11.9. The average molecular weight is 471 g/mol. The Hall–Kier alpha value is -3.91. The summed E-state index contributed by atoms with van der Waals surface area (Å²) in [5.41, 5.74) is 3.98. The van der Waals surface area contributed by atoms with Gasteiger partial charge in [-0.2, -0.15) is 0 Å². The third kappa shape index (κ3) is 4.45. The average Bonchev–Trinajstić information content (AvgIpc) is 3.27. The molecule has 0 amide bonds. The minimum absolute atomic E-state index is 0.362. The lowest BCUT2D eigenvalue weighted by Crippen LogP contribution is -2.02. The van der Waals surface area contributed by atoms with Crippen LogP contribution in [0.15, 0.2) is 87.4 Å². The van der Waals surface area contributed by atoms with Crippen LogP contribution in [0.1, 0.15) is 18.1 Å².